The van der Waals surface area contributed by atoms with Crippen molar-refractivity contribution in [1.82, 2.24) is 9.61 Å². The molecule has 0 radical (unpaired) electrons. The summed E-state index contributed by atoms with van der Waals surface area (Å²) in [5.41, 5.74) is 1.19. The van der Waals surface area contributed by atoms with Gasteiger partial charge in [0.2, 0.25) is 0 Å². The zero-order chi connectivity index (χ0) is 11.2. The van der Waals surface area contributed by atoms with Crippen molar-refractivity contribution in [3.63, 3.8) is 0 Å². The second kappa shape index (κ2) is 3.07. The van der Waals surface area contributed by atoms with Gasteiger partial charge in [-0.3, -0.25) is 4.79 Å². The maximum Gasteiger partial charge on any atom is 0.314 e. The van der Waals surface area contributed by atoms with Crippen molar-refractivity contribution in [2.75, 3.05) is 0 Å². The maximum absolute atomic E-state index is 11.3. The molecule has 0 spiro atoms. The first-order valence-corrected chi connectivity index (χ1v) is 5.40. The minimum Gasteiger partial charge on any atom is -0.481 e. The summed E-state index contributed by atoms with van der Waals surface area (Å²) < 4.78 is 1.73. The highest BCUT2D eigenvalue weighted by Gasteiger charge is 2.46. The van der Waals surface area contributed by atoms with E-state index in [1.54, 1.807) is 10.7 Å². The Morgan fingerprint density at radius 2 is 2.19 bits per heavy atom. The topological polar surface area (TPSA) is 54.6 Å². The third-order valence-corrected chi connectivity index (χ3v) is 3.57. The van der Waals surface area contributed by atoms with Gasteiger partial charge in [-0.2, -0.15) is 5.10 Å². The Morgan fingerprint density at radius 1 is 1.38 bits per heavy atom. The van der Waals surface area contributed by atoms with E-state index in [0.717, 1.165) is 30.3 Å². The predicted molar refractivity (Wildman–Crippen MR) is 58.4 cm³/mol. The van der Waals surface area contributed by atoms with Gasteiger partial charge in [0.15, 0.2) is 0 Å². The van der Waals surface area contributed by atoms with Gasteiger partial charge in [-0.15, -0.1) is 0 Å². The molecule has 0 amide bonds. The number of rotatable bonds is 2. The van der Waals surface area contributed by atoms with E-state index in [4.69, 9.17) is 0 Å². The summed E-state index contributed by atoms with van der Waals surface area (Å²) in [6.07, 6.45) is 6.00. The number of carbonyl (C=O) groups is 1. The van der Waals surface area contributed by atoms with Gasteiger partial charge in [0.1, 0.15) is 0 Å². The highest BCUT2D eigenvalue weighted by atomic mass is 16.4. The van der Waals surface area contributed by atoms with Crippen LogP contribution in [0.4, 0.5) is 0 Å². The lowest BCUT2D eigenvalue weighted by atomic mass is 9.65. The van der Waals surface area contributed by atoms with Crippen LogP contribution in [0.25, 0.3) is 5.52 Å². The minimum atomic E-state index is -0.717. The number of carboxylic acids is 1. The average Bonchev–Trinajstić information content (AvgIpc) is 2.62. The summed E-state index contributed by atoms with van der Waals surface area (Å²) in [7, 11) is 0. The number of hydrogen-bond donors (Lipinski definition) is 1. The van der Waals surface area contributed by atoms with Crippen LogP contribution in [-0.2, 0) is 10.2 Å². The summed E-state index contributed by atoms with van der Waals surface area (Å²) in [5, 5.41) is 13.5. The standard InChI is InChI=1S/C12H12N2O2/c15-11(16)12(5-1-6-12)9-2-3-10-4-7-13-14(10)8-9/h2-4,7-8H,1,5-6H2,(H,15,16). The lowest BCUT2D eigenvalue weighted by Crippen LogP contribution is -2.42. The van der Waals surface area contributed by atoms with Crippen LogP contribution in [-0.4, -0.2) is 20.7 Å². The van der Waals surface area contributed by atoms with Gasteiger partial charge in [-0.05, 0) is 30.5 Å². The van der Waals surface area contributed by atoms with Crippen LogP contribution in [0.5, 0.6) is 0 Å². The summed E-state index contributed by atoms with van der Waals surface area (Å²) in [6.45, 7) is 0. The molecular formula is C12H12N2O2. The third kappa shape index (κ3) is 1.10. The number of carboxylic acid groups (broad SMARTS) is 1. The first-order chi connectivity index (χ1) is 7.72. The molecule has 2 heterocycles. The van der Waals surface area contributed by atoms with Crippen molar-refractivity contribution >= 4 is 11.5 Å². The summed E-state index contributed by atoms with van der Waals surface area (Å²) in [6, 6.07) is 5.73. The van der Waals surface area contributed by atoms with E-state index in [1.165, 1.54) is 0 Å². The van der Waals surface area contributed by atoms with Crippen molar-refractivity contribution in [3.05, 3.63) is 36.2 Å². The molecule has 0 saturated heterocycles. The van der Waals surface area contributed by atoms with E-state index in [2.05, 4.69) is 5.10 Å². The monoisotopic (exact) mass is 216 g/mol. The minimum absolute atomic E-state index is 0.667. The van der Waals surface area contributed by atoms with Crippen LogP contribution in [0.15, 0.2) is 30.6 Å². The summed E-state index contributed by atoms with van der Waals surface area (Å²) in [5.74, 6) is -0.717. The fourth-order valence-corrected chi connectivity index (χ4v) is 2.35. The van der Waals surface area contributed by atoms with Crippen LogP contribution in [0, 0.1) is 0 Å². The number of pyridine rings is 1. The number of nitrogens with zero attached hydrogens (tertiary/aromatic N) is 2. The molecule has 3 rings (SSSR count). The molecule has 0 aliphatic heterocycles. The second-order valence-electron chi connectivity index (χ2n) is 4.36. The fourth-order valence-electron chi connectivity index (χ4n) is 2.35. The molecule has 2 aromatic rings. The molecule has 1 aliphatic rings. The molecule has 1 aliphatic carbocycles. The van der Waals surface area contributed by atoms with Crippen LogP contribution >= 0.6 is 0 Å². The Balaban J connectivity index is 2.14. The predicted octanol–water partition coefficient (Wildman–Crippen LogP) is 1.84. The Morgan fingerprint density at radius 3 is 2.81 bits per heavy atom. The Labute approximate surface area is 92.5 Å². The molecule has 0 atom stereocenters. The van der Waals surface area contributed by atoms with E-state index in [0.29, 0.717) is 0 Å². The van der Waals surface area contributed by atoms with Gasteiger partial charge < -0.3 is 5.11 Å². The van der Waals surface area contributed by atoms with Gasteiger partial charge in [-0.25, -0.2) is 4.52 Å². The zero-order valence-corrected chi connectivity index (χ0v) is 8.76. The summed E-state index contributed by atoms with van der Waals surface area (Å²) >= 11 is 0. The number of fused-ring (bicyclic) bond motifs is 1. The van der Waals surface area contributed by atoms with Crippen molar-refractivity contribution in [1.29, 1.82) is 0 Å². The van der Waals surface area contributed by atoms with Crippen LogP contribution in [0.2, 0.25) is 0 Å². The van der Waals surface area contributed by atoms with Gasteiger partial charge in [0, 0.05) is 12.4 Å². The van der Waals surface area contributed by atoms with E-state index in [1.807, 2.05) is 24.4 Å². The molecule has 4 nitrogen and oxygen atoms in total. The third-order valence-electron chi connectivity index (χ3n) is 3.57. The zero-order valence-electron chi connectivity index (χ0n) is 8.76. The molecule has 82 valence electrons. The van der Waals surface area contributed by atoms with Crippen molar-refractivity contribution in [2.45, 2.75) is 24.7 Å². The van der Waals surface area contributed by atoms with Gasteiger partial charge >= 0.3 is 5.97 Å². The number of hydrogen-bond acceptors (Lipinski definition) is 2. The highest BCUT2D eigenvalue weighted by Crippen LogP contribution is 2.43. The smallest absolute Gasteiger partial charge is 0.314 e. The molecule has 1 fully saturated rings. The number of aromatic nitrogens is 2. The lowest BCUT2D eigenvalue weighted by Gasteiger charge is -2.37. The van der Waals surface area contributed by atoms with Crippen molar-refractivity contribution < 1.29 is 9.90 Å². The SMILES string of the molecule is O=C(O)C1(c2ccc3ccnn3c2)CCC1. The fraction of sp³-hybridized carbons (Fsp3) is 0.333. The molecule has 0 bridgehead atoms. The molecule has 0 aromatic carbocycles. The Bertz CT molecular complexity index is 555. The largest absolute Gasteiger partial charge is 0.481 e. The van der Waals surface area contributed by atoms with E-state index >= 15 is 0 Å². The maximum atomic E-state index is 11.3. The van der Waals surface area contributed by atoms with Crippen molar-refractivity contribution in [3.8, 4) is 0 Å². The lowest BCUT2D eigenvalue weighted by molar-refractivity contribution is -0.147. The normalized spacial score (nSPS) is 18.2. The van der Waals surface area contributed by atoms with Gasteiger partial charge in [0.25, 0.3) is 0 Å². The molecule has 16 heavy (non-hydrogen) atoms. The number of aliphatic carboxylic acids is 1. The molecule has 1 N–H and O–H groups in total. The Kier molecular flexibility index (Phi) is 1.80. The Hall–Kier alpha value is -1.84. The van der Waals surface area contributed by atoms with E-state index in [9.17, 15) is 9.90 Å². The van der Waals surface area contributed by atoms with Crippen LogP contribution in [0.1, 0.15) is 24.8 Å². The molecule has 1 saturated carbocycles. The average molecular weight is 216 g/mol. The highest BCUT2D eigenvalue weighted by molar-refractivity contribution is 5.82. The van der Waals surface area contributed by atoms with Gasteiger partial charge in [0.05, 0.1) is 10.9 Å². The molecule has 2 aromatic heterocycles. The second-order valence-corrected chi connectivity index (χ2v) is 4.36. The molecule has 0 unspecified atom stereocenters. The van der Waals surface area contributed by atoms with Crippen LogP contribution in [0.3, 0.4) is 0 Å². The summed E-state index contributed by atoms with van der Waals surface area (Å²) in [4.78, 5) is 11.3. The first-order valence-electron chi connectivity index (χ1n) is 5.40. The van der Waals surface area contributed by atoms with Crippen molar-refractivity contribution in [2.24, 2.45) is 0 Å². The first kappa shape index (κ1) is 9.39. The van der Waals surface area contributed by atoms with Crippen LogP contribution < -0.4 is 0 Å². The van der Waals surface area contributed by atoms with Gasteiger partial charge in [-0.1, -0.05) is 12.5 Å². The quantitative estimate of drug-likeness (QED) is 0.833. The molecular weight excluding hydrogens is 204 g/mol. The van der Waals surface area contributed by atoms with E-state index < -0.39 is 11.4 Å². The van der Waals surface area contributed by atoms with E-state index in [-0.39, 0.29) is 0 Å². The molecule has 4 heteroatoms.